The number of benzene rings is 3. The van der Waals surface area contributed by atoms with Crippen molar-refractivity contribution in [2.45, 2.75) is 0 Å². The molecule has 5 rings (SSSR count). The van der Waals surface area contributed by atoms with E-state index in [-0.39, 0.29) is 5.91 Å². The monoisotopic (exact) mass is 437 g/mol. The van der Waals surface area contributed by atoms with Crippen molar-refractivity contribution in [3.63, 3.8) is 0 Å². The summed E-state index contributed by atoms with van der Waals surface area (Å²) in [5.74, 6) is 1.15. The highest BCUT2D eigenvalue weighted by Gasteiger charge is 2.08. The molecule has 6 heteroatoms. The molecule has 0 saturated carbocycles. The van der Waals surface area contributed by atoms with Gasteiger partial charge in [-0.05, 0) is 60.0 Å². The topological polar surface area (TPSA) is 67.0 Å². The first-order valence-electron chi connectivity index (χ1n) is 10.1. The van der Waals surface area contributed by atoms with Gasteiger partial charge in [-0.1, -0.05) is 30.3 Å². The van der Waals surface area contributed by atoms with Gasteiger partial charge in [0.1, 0.15) is 11.5 Å². The van der Waals surface area contributed by atoms with Crippen molar-refractivity contribution in [2.24, 2.45) is 0 Å². The van der Waals surface area contributed by atoms with E-state index in [9.17, 15) is 4.79 Å². The van der Waals surface area contributed by atoms with Crippen LogP contribution in [0, 0.1) is 0 Å². The Bertz CT molecular complexity index is 1390. The molecule has 2 N–H and O–H groups in total. The van der Waals surface area contributed by atoms with Crippen molar-refractivity contribution in [3.05, 3.63) is 106 Å². The molecule has 0 aliphatic rings. The van der Waals surface area contributed by atoms with E-state index in [0.717, 1.165) is 16.6 Å². The lowest BCUT2D eigenvalue weighted by Gasteiger charge is -2.09. The number of H-pyrrole nitrogens is 1. The summed E-state index contributed by atoms with van der Waals surface area (Å²) in [6.07, 6.45) is 4.06. The molecule has 0 fully saturated rings. The SMILES string of the molecule is O=C(Nc1cccc(Oc2ccc3c(C=Cc4cccs4)n[nH]c3c2)c1)c1ccccc1. The van der Waals surface area contributed by atoms with Crippen LogP contribution in [0.5, 0.6) is 11.5 Å². The van der Waals surface area contributed by atoms with E-state index in [4.69, 9.17) is 4.74 Å². The minimum Gasteiger partial charge on any atom is -0.457 e. The van der Waals surface area contributed by atoms with Crippen molar-refractivity contribution >= 4 is 46.0 Å². The Morgan fingerprint density at radius 1 is 0.906 bits per heavy atom. The zero-order valence-corrected chi connectivity index (χ0v) is 17.8. The molecule has 0 atom stereocenters. The Balaban J connectivity index is 1.31. The Hall–Kier alpha value is -4.16. The normalized spacial score (nSPS) is 11.1. The molecule has 0 aliphatic heterocycles. The first kappa shape index (κ1) is 19.8. The largest absolute Gasteiger partial charge is 0.457 e. The zero-order valence-electron chi connectivity index (χ0n) is 17.0. The Kier molecular flexibility index (Phi) is 5.51. The molecule has 3 aromatic carbocycles. The third kappa shape index (κ3) is 4.45. The number of hydrogen-bond acceptors (Lipinski definition) is 4. The van der Waals surface area contributed by atoms with Crippen molar-refractivity contribution in [2.75, 3.05) is 5.32 Å². The molecule has 1 amide bonds. The van der Waals surface area contributed by atoms with Gasteiger partial charge in [0, 0.05) is 33.6 Å². The first-order chi connectivity index (χ1) is 15.7. The number of thiophene rings is 1. The highest BCUT2D eigenvalue weighted by atomic mass is 32.1. The predicted molar refractivity (Wildman–Crippen MR) is 130 cm³/mol. The van der Waals surface area contributed by atoms with E-state index in [1.165, 1.54) is 4.88 Å². The summed E-state index contributed by atoms with van der Waals surface area (Å²) in [6, 6.07) is 26.3. The van der Waals surface area contributed by atoms with Gasteiger partial charge in [0.05, 0.1) is 11.2 Å². The van der Waals surface area contributed by atoms with Crippen LogP contribution >= 0.6 is 11.3 Å². The predicted octanol–water partition coefficient (Wildman–Crippen LogP) is 6.84. The summed E-state index contributed by atoms with van der Waals surface area (Å²) in [5, 5.41) is 13.4. The third-order valence-electron chi connectivity index (χ3n) is 4.88. The van der Waals surface area contributed by atoms with Gasteiger partial charge in [0.15, 0.2) is 0 Å². The van der Waals surface area contributed by atoms with E-state index >= 15 is 0 Å². The van der Waals surface area contributed by atoms with Crippen LogP contribution in [0.1, 0.15) is 20.9 Å². The molecule has 0 bridgehead atoms. The summed E-state index contributed by atoms with van der Waals surface area (Å²) in [5.41, 5.74) is 3.04. The maximum atomic E-state index is 12.4. The van der Waals surface area contributed by atoms with Crippen molar-refractivity contribution in [3.8, 4) is 11.5 Å². The lowest BCUT2D eigenvalue weighted by atomic mass is 10.2. The number of hydrogen-bond donors (Lipinski definition) is 2. The van der Waals surface area contributed by atoms with E-state index in [1.54, 1.807) is 29.5 Å². The van der Waals surface area contributed by atoms with Crippen LogP contribution in [0.2, 0.25) is 0 Å². The number of carbonyl (C=O) groups is 1. The molecule has 2 heterocycles. The smallest absolute Gasteiger partial charge is 0.255 e. The van der Waals surface area contributed by atoms with Crippen LogP contribution < -0.4 is 10.1 Å². The number of ether oxygens (including phenoxy) is 1. The number of aromatic amines is 1. The third-order valence-corrected chi connectivity index (χ3v) is 5.71. The van der Waals surface area contributed by atoms with Gasteiger partial charge in [-0.2, -0.15) is 5.10 Å². The van der Waals surface area contributed by atoms with Crippen molar-refractivity contribution in [1.29, 1.82) is 0 Å². The summed E-state index contributed by atoms with van der Waals surface area (Å²) < 4.78 is 6.03. The van der Waals surface area contributed by atoms with Crippen LogP contribution in [0.25, 0.3) is 23.1 Å². The van der Waals surface area contributed by atoms with Crippen LogP contribution in [0.15, 0.2) is 90.3 Å². The zero-order chi connectivity index (χ0) is 21.8. The van der Waals surface area contributed by atoms with Crippen molar-refractivity contribution in [1.82, 2.24) is 10.2 Å². The number of fused-ring (bicyclic) bond motifs is 1. The lowest BCUT2D eigenvalue weighted by Crippen LogP contribution is -2.11. The number of aromatic nitrogens is 2. The summed E-state index contributed by atoms with van der Waals surface area (Å²) in [4.78, 5) is 13.6. The molecular formula is C26H19N3O2S. The Morgan fingerprint density at radius 2 is 1.78 bits per heavy atom. The highest BCUT2D eigenvalue weighted by Crippen LogP contribution is 2.28. The maximum absolute atomic E-state index is 12.4. The fourth-order valence-corrected chi connectivity index (χ4v) is 3.94. The van der Waals surface area contributed by atoms with Gasteiger partial charge < -0.3 is 10.1 Å². The summed E-state index contributed by atoms with van der Waals surface area (Å²) in [6.45, 7) is 0. The molecule has 0 saturated heterocycles. The van der Waals surface area contributed by atoms with Crippen LogP contribution in [0.4, 0.5) is 5.69 Å². The molecule has 0 unspecified atom stereocenters. The second-order valence-electron chi connectivity index (χ2n) is 7.12. The lowest BCUT2D eigenvalue weighted by molar-refractivity contribution is 0.102. The van der Waals surface area contributed by atoms with E-state index in [2.05, 4.69) is 27.7 Å². The molecular weight excluding hydrogens is 418 g/mol. The van der Waals surface area contributed by atoms with Crippen LogP contribution in [0.3, 0.4) is 0 Å². The Morgan fingerprint density at radius 3 is 2.62 bits per heavy atom. The second-order valence-corrected chi connectivity index (χ2v) is 8.09. The average molecular weight is 438 g/mol. The van der Waals surface area contributed by atoms with Crippen molar-refractivity contribution < 1.29 is 9.53 Å². The number of carbonyl (C=O) groups excluding carboxylic acids is 1. The molecule has 0 spiro atoms. The van der Waals surface area contributed by atoms with Crippen LogP contribution in [-0.4, -0.2) is 16.1 Å². The second kappa shape index (κ2) is 8.91. The standard InChI is InChI=1S/C26H19N3O2S/c30-26(18-6-2-1-3-7-18)27-19-8-4-9-20(16-19)31-21-11-13-23-24(28-29-25(23)17-21)14-12-22-10-5-15-32-22/h1-17H,(H,27,30)(H,28,29). The molecule has 0 radical (unpaired) electrons. The van der Waals surface area contributed by atoms with Gasteiger partial charge >= 0.3 is 0 Å². The minimum atomic E-state index is -0.162. The molecule has 2 aromatic heterocycles. The number of nitrogens with zero attached hydrogens (tertiary/aromatic N) is 1. The molecule has 0 aliphatic carbocycles. The highest BCUT2D eigenvalue weighted by molar-refractivity contribution is 7.10. The van der Waals surface area contributed by atoms with E-state index in [0.29, 0.717) is 22.7 Å². The minimum absolute atomic E-state index is 0.162. The van der Waals surface area contributed by atoms with Gasteiger partial charge in [-0.3, -0.25) is 9.89 Å². The average Bonchev–Trinajstić information content (AvgIpc) is 3.48. The van der Waals surface area contributed by atoms with Gasteiger partial charge in [0.2, 0.25) is 0 Å². The van der Waals surface area contributed by atoms with Gasteiger partial charge in [-0.15, -0.1) is 11.3 Å². The summed E-state index contributed by atoms with van der Waals surface area (Å²) >= 11 is 1.69. The number of rotatable bonds is 6. The van der Waals surface area contributed by atoms with E-state index in [1.807, 2.05) is 72.1 Å². The fraction of sp³-hybridized carbons (Fsp3) is 0. The van der Waals surface area contributed by atoms with Gasteiger partial charge in [-0.25, -0.2) is 0 Å². The molecule has 32 heavy (non-hydrogen) atoms. The first-order valence-corrected chi connectivity index (χ1v) is 11.0. The molecule has 5 aromatic rings. The number of anilines is 1. The molecule has 156 valence electrons. The summed E-state index contributed by atoms with van der Waals surface area (Å²) in [7, 11) is 0. The maximum Gasteiger partial charge on any atom is 0.255 e. The number of amides is 1. The van der Waals surface area contributed by atoms with Gasteiger partial charge in [0.25, 0.3) is 5.91 Å². The molecule has 5 nitrogen and oxygen atoms in total. The fourth-order valence-electron chi connectivity index (χ4n) is 3.32. The van der Waals surface area contributed by atoms with E-state index < -0.39 is 0 Å². The number of nitrogens with one attached hydrogen (secondary N) is 2. The quantitative estimate of drug-likeness (QED) is 0.306. The van der Waals surface area contributed by atoms with Crippen LogP contribution in [-0.2, 0) is 0 Å². The Labute approximate surface area is 189 Å².